The van der Waals surface area contributed by atoms with Crippen molar-refractivity contribution in [3.8, 4) is 0 Å². The Kier molecular flexibility index (Phi) is 5.08. The average Bonchev–Trinajstić information content (AvgIpc) is 2.67. The number of carboxylic acid groups (broad SMARTS) is 2. The highest BCUT2D eigenvalue weighted by Crippen LogP contribution is 2.28. The Morgan fingerprint density at radius 1 is 1.33 bits per heavy atom. The van der Waals surface area contributed by atoms with Gasteiger partial charge in [0.1, 0.15) is 0 Å². The Balaban J connectivity index is 0.000000202. The first-order valence-electron chi connectivity index (χ1n) is 4.02. The van der Waals surface area contributed by atoms with Crippen molar-refractivity contribution in [3.05, 3.63) is 0 Å². The Morgan fingerprint density at radius 2 is 1.83 bits per heavy atom. The molecule has 0 atom stereocenters. The molecule has 0 spiro atoms. The van der Waals surface area contributed by atoms with Gasteiger partial charge in [0.15, 0.2) is 0 Å². The number of carboxylic acids is 2. The predicted molar refractivity (Wildman–Crippen MR) is 42.9 cm³/mol. The molecular formula is C8H14O4. The second-order valence-electron chi connectivity index (χ2n) is 2.76. The molecule has 1 aliphatic carbocycles. The summed E-state index contributed by atoms with van der Waals surface area (Å²) in [5, 5.41) is 16.0. The average molecular weight is 174 g/mol. The second kappa shape index (κ2) is 5.57. The van der Waals surface area contributed by atoms with Gasteiger partial charge in [0.2, 0.25) is 0 Å². The van der Waals surface area contributed by atoms with E-state index >= 15 is 0 Å². The van der Waals surface area contributed by atoms with E-state index in [1.54, 1.807) is 0 Å². The Bertz CT molecular complexity index is 160. The molecule has 0 aromatic heterocycles. The molecule has 1 saturated carbocycles. The first-order chi connectivity index (χ1) is 5.57. The van der Waals surface area contributed by atoms with Crippen molar-refractivity contribution in [2.24, 2.45) is 5.92 Å². The number of aliphatic carboxylic acids is 2. The fourth-order valence-electron chi connectivity index (χ4n) is 0.544. The largest absolute Gasteiger partial charge is 0.481 e. The summed E-state index contributed by atoms with van der Waals surface area (Å²) >= 11 is 0. The van der Waals surface area contributed by atoms with Gasteiger partial charge in [-0.2, -0.15) is 0 Å². The summed E-state index contributed by atoms with van der Waals surface area (Å²) in [4.78, 5) is 19.4. The van der Waals surface area contributed by atoms with Crippen LogP contribution in [0.1, 0.15) is 32.6 Å². The summed E-state index contributed by atoms with van der Waals surface area (Å²) in [5.41, 5.74) is 0. The van der Waals surface area contributed by atoms with Crippen molar-refractivity contribution in [2.75, 3.05) is 0 Å². The van der Waals surface area contributed by atoms with Gasteiger partial charge < -0.3 is 10.2 Å². The molecule has 0 bridgehead atoms. The Morgan fingerprint density at radius 3 is 1.83 bits per heavy atom. The van der Waals surface area contributed by atoms with Crippen LogP contribution in [0, 0.1) is 5.92 Å². The lowest BCUT2D eigenvalue weighted by Crippen LogP contribution is -1.94. The smallest absolute Gasteiger partial charge is 0.306 e. The van der Waals surface area contributed by atoms with Gasteiger partial charge in [-0.15, -0.1) is 0 Å². The van der Waals surface area contributed by atoms with Crippen molar-refractivity contribution >= 4 is 11.9 Å². The van der Waals surface area contributed by atoms with Gasteiger partial charge >= 0.3 is 11.9 Å². The van der Waals surface area contributed by atoms with Gasteiger partial charge in [-0.05, 0) is 19.3 Å². The molecule has 4 nitrogen and oxygen atoms in total. The van der Waals surface area contributed by atoms with E-state index in [9.17, 15) is 9.59 Å². The lowest BCUT2D eigenvalue weighted by Gasteiger charge is -1.79. The number of rotatable bonds is 3. The lowest BCUT2D eigenvalue weighted by atomic mass is 10.4. The highest BCUT2D eigenvalue weighted by Gasteiger charge is 2.28. The molecule has 2 N–H and O–H groups in total. The van der Waals surface area contributed by atoms with Crippen LogP contribution in [0.15, 0.2) is 0 Å². The highest BCUT2D eigenvalue weighted by molar-refractivity contribution is 5.72. The zero-order valence-corrected chi connectivity index (χ0v) is 7.12. The molecule has 1 rings (SSSR count). The van der Waals surface area contributed by atoms with Gasteiger partial charge in [0.05, 0.1) is 5.92 Å². The van der Waals surface area contributed by atoms with Crippen LogP contribution < -0.4 is 0 Å². The van der Waals surface area contributed by atoms with Crippen LogP contribution in [0.2, 0.25) is 0 Å². The minimum Gasteiger partial charge on any atom is -0.481 e. The topological polar surface area (TPSA) is 74.6 Å². The Labute approximate surface area is 71.2 Å². The van der Waals surface area contributed by atoms with Gasteiger partial charge in [-0.3, -0.25) is 9.59 Å². The fraction of sp³-hybridized carbons (Fsp3) is 0.750. The molecule has 0 heterocycles. The molecule has 1 fully saturated rings. The van der Waals surface area contributed by atoms with Crippen molar-refractivity contribution in [1.29, 1.82) is 0 Å². The van der Waals surface area contributed by atoms with E-state index < -0.39 is 11.9 Å². The minimum absolute atomic E-state index is 0.0185. The summed E-state index contributed by atoms with van der Waals surface area (Å²) in [6.45, 7) is 1.84. The third kappa shape index (κ3) is 7.05. The minimum atomic E-state index is -0.711. The molecule has 1 aliphatic rings. The molecule has 0 aromatic carbocycles. The highest BCUT2D eigenvalue weighted by atomic mass is 16.4. The monoisotopic (exact) mass is 174 g/mol. The van der Waals surface area contributed by atoms with Gasteiger partial charge in [-0.25, -0.2) is 0 Å². The normalized spacial score (nSPS) is 14.4. The zero-order valence-electron chi connectivity index (χ0n) is 7.12. The molecule has 0 aromatic rings. The summed E-state index contributed by atoms with van der Waals surface area (Å²) in [7, 11) is 0. The van der Waals surface area contributed by atoms with Gasteiger partial charge in [0, 0.05) is 6.42 Å². The number of hydrogen-bond acceptors (Lipinski definition) is 2. The molecule has 0 aliphatic heterocycles. The maximum Gasteiger partial charge on any atom is 0.306 e. The SMILES string of the molecule is CCCC(=O)O.O=C(O)C1CC1. The van der Waals surface area contributed by atoms with E-state index in [-0.39, 0.29) is 5.92 Å². The van der Waals surface area contributed by atoms with Crippen LogP contribution in [-0.2, 0) is 9.59 Å². The maximum atomic E-state index is 9.76. The quantitative estimate of drug-likeness (QED) is 0.677. The molecule has 0 amide bonds. The van der Waals surface area contributed by atoms with Crippen molar-refractivity contribution in [1.82, 2.24) is 0 Å². The van der Waals surface area contributed by atoms with Crippen molar-refractivity contribution < 1.29 is 19.8 Å². The first kappa shape index (κ1) is 10.9. The van der Waals surface area contributed by atoms with Crippen LogP contribution in [-0.4, -0.2) is 22.2 Å². The van der Waals surface area contributed by atoms with E-state index in [1.807, 2.05) is 6.92 Å². The van der Waals surface area contributed by atoms with Crippen molar-refractivity contribution in [2.45, 2.75) is 32.6 Å². The number of carbonyl (C=O) groups is 2. The molecule has 0 unspecified atom stereocenters. The third-order valence-corrected chi connectivity index (χ3v) is 1.39. The van der Waals surface area contributed by atoms with Crippen LogP contribution in [0.4, 0.5) is 0 Å². The summed E-state index contributed by atoms with van der Waals surface area (Å²) in [6.07, 6.45) is 2.82. The van der Waals surface area contributed by atoms with Crippen LogP contribution in [0.25, 0.3) is 0 Å². The van der Waals surface area contributed by atoms with Crippen LogP contribution in [0.3, 0.4) is 0 Å². The van der Waals surface area contributed by atoms with E-state index in [1.165, 1.54) is 0 Å². The molecule has 0 radical (unpaired) electrons. The fourth-order valence-corrected chi connectivity index (χ4v) is 0.544. The molecule has 0 saturated heterocycles. The summed E-state index contributed by atoms with van der Waals surface area (Å²) in [5.74, 6) is -1.32. The molecule has 4 heteroatoms. The predicted octanol–water partition coefficient (Wildman–Crippen LogP) is 1.35. The molecule has 70 valence electrons. The second-order valence-corrected chi connectivity index (χ2v) is 2.76. The summed E-state index contributed by atoms with van der Waals surface area (Å²) < 4.78 is 0. The lowest BCUT2D eigenvalue weighted by molar-refractivity contribution is -0.138. The number of hydrogen-bond donors (Lipinski definition) is 2. The van der Waals surface area contributed by atoms with E-state index in [2.05, 4.69) is 0 Å². The van der Waals surface area contributed by atoms with E-state index in [0.717, 1.165) is 19.3 Å². The summed E-state index contributed by atoms with van der Waals surface area (Å²) in [6, 6.07) is 0. The molecular weight excluding hydrogens is 160 g/mol. The van der Waals surface area contributed by atoms with Gasteiger partial charge in [0.25, 0.3) is 0 Å². The standard InChI is InChI=1S/C4H6O2.C4H8O2/c5-4(6)3-1-2-3;1-2-3-4(5)6/h3H,1-2H2,(H,5,6);2-3H2,1H3,(H,5,6). The molecule has 12 heavy (non-hydrogen) atoms. The Hall–Kier alpha value is -1.06. The first-order valence-corrected chi connectivity index (χ1v) is 4.02. The van der Waals surface area contributed by atoms with Crippen LogP contribution in [0.5, 0.6) is 0 Å². The zero-order chi connectivity index (χ0) is 9.56. The van der Waals surface area contributed by atoms with Crippen molar-refractivity contribution in [3.63, 3.8) is 0 Å². The maximum absolute atomic E-state index is 9.76. The van der Waals surface area contributed by atoms with E-state index in [4.69, 9.17) is 10.2 Å². The van der Waals surface area contributed by atoms with Crippen LogP contribution >= 0.6 is 0 Å². The van der Waals surface area contributed by atoms with Gasteiger partial charge in [-0.1, -0.05) is 6.92 Å². The van der Waals surface area contributed by atoms with E-state index in [0.29, 0.717) is 6.42 Å². The third-order valence-electron chi connectivity index (χ3n) is 1.39.